The molecule has 86 valence electrons. The molecule has 0 bridgehead atoms. The lowest BCUT2D eigenvalue weighted by Crippen LogP contribution is -2.40. The molecule has 3 aliphatic rings. The van der Waals surface area contributed by atoms with Gasteiger partial charge in [-0.3, -0.25) is 0 Å². The Bertz CT molecular complexity index is 230. The maximum atomic E-state index is 2.58. The van der Waals surface area contributed by atoms with E-state index in [-0.39, 0.29) is 0 Å². The molecule has 3 aliphatic carbocycles. The van der Waals surface area contributed by atoms with Crippen molar-refractivity contribution in [1.29, 1.82) is 0 Å². The van der Waals surface area contributed by atoms with Crippen LogP contribution in [0, 0.1) is 41.9 Å². The average molecular weight is 205 g/mol. The fourth-order valence-electron chi connectivity index (χ4n) is 5.09. The molecular formula is C15H25-. The Morgan fingerprint density at radius 2 is 1.73 bits per heavy atom. The van der Waals surface area contributed by atoms with Crippen LogP contribution in [0.1, 0.15) is 52.4 Å². The Morgan fingerprint density at radius 3 is 2.60 bits per heavy atom. The predicted molar refractivity (Wildman–Crippen MR) is 64.3 cm³/mol. The van der Waals surface area contributed by atoms with Crippen LogP contribution in [0.4, 0.5) is 0 Å². The van der Waals surface area contributed by atoms with Crippen LogP contribution in [0.25, 0.3) is 0 Å². The molecule has 3 fully saturated rings. The maximum Gasteiger partial charge on any atom is -0.0358 e. The summed E-state index contributed by atoms with van der Waals surface area (Å²) in [6, 6.07) is 0. The molecule has 0 aromatic heterocycles. The fourth-order valence-corrected chi connectivity index (χ4v) is 5.09. The van der Waals surface area contributed by atoms with Gasteiger partial charge in [-0.1, -0.05) is 32.1 Å². The topological polar surface area (TPSA) is 0 Å². The van der Waals surface area contributed by atoms with Crippen LogP contribution < -0.4 is 0 Å². The molecule has 0 aromatic rings. The first kappa shape index (κ1) is 10.2. The molecule has 0 amide bonds. The van der Waals surface area contributed by atoms with Crippen molar-refractivity contribution in [3.63, 3.8) is 0 Å². The Morgan fingerprint density at radius 1 is 0.867 bits per heavy atom. The first-order valence-electron chi connectivity index (χ1n) is 7.07. The Labute approximate surface area is 94.8 Å². The van der Waals surface area contributed by atoms with Crippen molar-refractivity contribution in [2.45, 2.75) is 52.4 Å². The monoisotopic (exact) mass is 205 g/mol. The molecule has 0 N–H and O–H groups in total. The van der Waals surface area contributed by atoms with Gasteiger partial charge >= 0.3 is 0 Å². The lowest BCUT2D eigenvalue weighted by molar-refractivity contribution is 0.0162. The molecule has 3 rings (SSSR count). The Kier molecular flexibility index (Phi) is 2.57. The highest BCUT2D eigenvalue weighted by Crippen LogP contribution is 2.54. The molecule has 0 saturated heterocycles. The quantitative estimate of drug-likeness (QED) is 0.517. The normalized spacial score (nSPS) is 54.8. The van der Waals surface area contributed by atoms with Crippen molar-refractivity contribution < 1.29 is 0 Å². The van der Waals surface area contributed by atoms with E-state index in [2.05, 4.69) is 20.3 Å². The highest BCUT2D eigenvalue weighted by atomic mass is 14.5. The van der Waals surface area contributed by atoms with Crippen LogP contribution in [0.3, 0.4) is 0 Å². The summed E-state index contributed by atoms with van der Waals surface area (Å²) in [5, 5.41) is 0. The summed E-state index contributed by atoms with van der Waals surface area (Å²) in [6.45, 7) is 5.00. The van der Waals surface area contributed by atoms with Crippen molar-refractivity contribution in [2.75, 3.05) is 0 Å². The molecule has 0 aliphatic heterocycles. The highest BCUT2D eigenvalue weighted by molar-refractivity contribution is 4.99. The number of rotatable bonds is 0. The first-order chi connectivity index (χ1) is 7.25. The van der Waals surface area contributed by atoms with Gasteiger partial charge in [0.1, 0.15) is 0 Å². The van der Waals surface area contributed by atoms with Gasteiger partial charge in [0.2, 0.25) is 0 Å². The van der Waals surface area contributed by atoms with E-state index in [4.69, 9.17) is 0 Å². The zero-order valence-electron chi connectivity index (χ0n) is 10.3. The molecule has 0 spiro atoms. The van der Waals surface area contributed by atoms with Gasteiger partial charge in [0.25, 0.3) is 0 Å². The van der Waals surface area contributed by atoms with Gasteiger partial charge in [0, 0.05) is 0 Å². The molecule has 6 atom stereocenters. The van der Waals surface area contributed by atoms with E-state index in [1.807, 2.05) is 0 Å². The summed E-state index contributed by atoms with van der Waals surface area (Å²) in [7, 11) is 0. The third kappa shape index (κ3) is 1.65. The average Bonchev–Trinajstić information content (AvgIpc) is 2.65. The van der Waals surface area contributed by atoms with Crippen LogP contribution in [0.2, 0.25) is 0 Å². The molecule has 15 heavy (non-hydrogen) atoms. The second-order valence-corrected chi connectivity index (χ2v) is 6.64. The summed E-state index contributed by atoms with van der Waals surface area (Å²) in [5.41, 5.74) is 0. The molecular weight excluding hydrogens is 180 g/mol. The van der Waals surface area contributed by atoms with Crippen molar-refractivity contribution in [3.8, 4) is 0 Å². The molecule has 3 saturated carbocycles. The SMILES string of the molecule is CC1CC(C)C2CCC3C[CH-]CC3C2C1. The van der Waals surface area contributed by atoms with E-state index < -0.39 is 0 Å². The summed E-state index contributed by atoms with van der Waals surface area (Å²) in [5.74, 6) is 6.38. The van der Waals surface area contributed by atoms with Gasteiger partial charge in [0.15, 0.2) is 0 Å². The van der Waals surface area contributed by atoms with Crippen molar-refractivity contribution in [1.82, 2.24) is 0 Å². The second kappa shape index (κ2) is 3.79. The smallest absolute Gasteiger partial charge is 0.0358 e. The second-order valence-electron chi connectivity index (χ2n) is 6.64. The maximum absolute atomic E-state index is 2.58. The number of hydrogen-bond acceptors (Lipinski definition) is 0. The van der Waals surface area contributed by atoms with E-state index in [0.29, 0.717) is 0 Å². The number of hydrogen-bond donors (Lipinski definition) is 0. The van der Waals surface area contributed by atoms with E-state index in [1.54, 1.807) is 19.3 Å². The minimum absolute atomic E-state index is 1.00. The molecule has 0 radical (unpaired) electrons. The summed E-state index contributed by atoms with van der Waals surface area (Å²) in [4.78, 5) is 0. The Balaban J connectivity index is 1.80. The molecule has 0 heterocycles. The predicted octanol–water partition coefficient (Wildman–Crippen LogP) is 4.31. The third-order valence-corrected chi connectivity index (χ3v) is 5.66. The van der Waals surface area contributed by atoms with E-state index in [9.17, 15) is 0 Å². The van der Waals surface area contributed by atoms with E-state index in [0.717, 1.165) is 35.5 Å². The highest BCUT2D eigenvalue weighted by Gasteiger charge is 2.43. The third-order valence-electron chi connectivity index (χ3n) is 5.66. The van der Waals surface area contributed by atoms with E-state index >= 15 is 0 Å². The largest absolute Gasteiger partial charge is 0.328 e. The number of fused-ring (bicyclic) bond motifs is 3. The summed E-state index contributed by atoms with van der Waals surface area (Å²) >= 11 is 0. The van der Waals surface area contributed by atoms with E-state index in [1.165, 1.54) is 19.3 Å². The molecule has 0 aromatic carbocycles. The van der Waals surface area contributed by atoms with Crippen LogP contribution in [0.15, 0.2) is 0 Å². The van der Waals surface area contributed by atoms with Crippen LogP contribution >= 0.6 is 0 Å². The molecule has 0 heteroatoms. The Hall–Kier alpha value is 0. The molecule has 0 nitrogen and oxygen atoms in total. The first-order valence-corrected chi connectivity index (χ1v) is 7.07. The fraction of sp³-hybridized carbons (Fsp3) is 0.933. The van der Waals surface area contributed by atoms with Crippen LogP contribution in [0.5, 0.6) is 0 Å². The zero-order valence-corrected chi connectivity index (χ0v) is 10.3. The van der Waals surface area contributed by atoms with Crippen molar-refractivity contribution in [3.05, 3.63) is 6.42 Å². The van der Waals surface area contributed by atoms with Gasteiger partial charge in [0.05, 0.1) is 0 Å². The standard InChI is InChI=1S/C15H25/c1-10-8-11(2)13-7-6-12-4-3-5-14(12)15(13)9-10/h3,10-15H,4-9H2,1-2H3/q-1. The lowest BCUT2D eigenvalue weighted by atomic mass is 9.57. The minimum Gasteiger partial charge on any atom is -0.328 e. The van der Waals surface area contributed by atoms with Crippen molar-refractivity contribution >= 4 is 0 Å². The molecule has 6 unspecified atom stereocenters. The van der Waals surface area contributed by atoms with Gasteiger partial charge in [-0.15, -0.1) is 0 Å². The van der Waals surface area contributed by atoms with Gasteiger partial charge in [-0.05, 0) is 42.9 Å². The van der Waals surface area contributed by atoms with Gasteiger partial charge < -0.3 is 6.42 Å². The lowest BCUT2D eigenvalue weighted by Gasteiger charge is -2.49. The zero-order chi connectivity index (χ0) is 10.4. The van der Waals surface area contributed by atoms with Gasteiger partial charge in [-0.25, -0.2) is 0 Å². The van der Waals surface area contributed by atoms with Gasteiger partial charge in [-0.2, -0.15) is 12.8 Å². The van der Waals surface area contributed by atoms with Crippen molar-refractivity contribution in [2.24, 2.45) is 35.5 Å². The summed E-state index contributed by atoms with van der Waals surface area (Å²) < 4.78 is 0. The summed E-state index contributed by atoms with van der Waals surface area (Å²) in [6.07, 6.45) is 11.6. The van der Waals surface area contributed by atoms with Crippen LogP contribution in [-0.2, 0) is 0 Å². The van der Waals surface area contributed by atoms with Crippen LogP contribution in [-0.4, -0.2) is 0 Å². The minimum atomic E-state index is 1.00.